The van der Waals surface area contributed by atoms with Crippen molar-refractivity contribution in [1.82, 2.24) is 0 Å². The van der Waals surface area contributed by atoms with Crippen LogP contribution in [-0.4, -0.2) is 5.71 Å². The summed E-state index contributed by atoms with van der Waals surface area (Å²) >= 11 is 3.41. The van der Waals surface area contributed by atoms with Crippen molar-refractivity contribution in [3.63, 3.8) is 0 Å². The maximum absolute atomic E-state index is 5.82. The molecular weight excluding hydrogens is 290 g/mol. The van der Waals surface area contributed by atoms with E-state index in [0.717, 1.165) is 40.0 Å². The van der Waals surface area contributed by atoms with Gasteiger partial charge in [-0.25, -0.2) is 0 Å². The Hall–Kier alpha value is -1.29. The van der Waals surface area contributed by atoms with Crippen molar-refractivity contribution in [1.29, 1.82) is 0 Å². The van der Waals surface area contributed by atoms with Crippen molar-refractivity contribution in [3.05, 3.63) is 40.0 Å². The van der Waals surface area contributed by atoms with Crippen LogP contribution in [0, 0.1) is 0 Å². The number of rotatable bonds is 5. The molecule has 0 radical (unpaired) electrons. The molecule has 0 aromatic heterocycles. The Morgan fingerprint density at radius 1 is 1.28 bits per heavy atom. The zero-order valence-electron chi connectivity index (χ0n) is 11.1. The summed E-state index contributed by atoms with van der Waals surface area (Å²) in [6, 6.07) is 7.92. The van der Waals surface area contributed by atoms with Crippen molar-refractivity contribution in [3.8, 4) is 0 Å². The van der Waals surface area contributed by atoms with Gasteiger partial charge in [0.2, 0.25) is 0 Å². The van der Waals surface area contributed by atoms with Crippen molar-refractivity contribution in [2.75, 3.05) is 5.43 Å². The van der Waals surface area contributed by atoms with Gasteiger partial charge in [-0.05, 0) is 50.1 Å². The summed E-state index contributed by atoms with van der Waals surface area (Å²) in [6.45, 7) is 6.04. The third-order valence-corrected chi connectivity index (χ3v) is 3.20. The van der Waals surface area contributed by atoms with Crippen LogP contribution in [0.1, 0.15) is 33.6 Å². The molecule has 0 bridgehead atoms. The van der Waals surface area contributed by atoms with Gasteiger partial charge in [-0.3, -0.25) is 5.43 Å². The van der Waals surface area contributed by atoms with Gasteiger partial charge in [0.15, 0.2) is 0 Å². The molecule has 1 aromatic carbocycles. The third kappa shape index (κ3) is 4.53. The second-order valence-corrected chi connectivity index (χ2v) is 5.15. The average molecular weight is 310 g/mol. The van der Waals surface area contributed by atoms with Crippen LogP contribution in [0.15, 0.2) is 45.1 Å². The van der Waals surface area contributed by atoms with Gasteiger partial charge in [0.05, 0.1) is 11.4 Å². The first-order valence-electron chi connectivity index (χ1n) is 6.06. The molecule has 0 saturated heterocycles. The third-order valence-electron chi connectivity index (χ3n) is 2.68. The molecule has 0 aliphatic heterocycles. The van der Waals surface area contributed by atoms with Crippen molar-refractivity contribution >= 4 is 27.3 Å². The van der Waals surface area contributed by atoms with E-state index >= 15 is 0 Å². The van der Waals surface area contributed by atoms with Crippen molar-refractivity contribution in [2.45, 2.75) is 33.6 Å². The summed E-state index contributed by atoms with van der Waals surface area (Å²) in [5.41, 5.74) is 12.7. The van der Waals surface area contributed by atoms with Gasteiger partial charge in [-0.15, -0.1) is 0 Å². The molecule has 0 spiro atoms. The number of allylic oxidation sites excluding steroid dienone is 2. The molecule has 98 valence electrons. The first-order chi connectivity index (χ1) is 8.54. The summed E-state index contributed by atoms with van der Waals surface area (Å²) in [7, 11) is 0. The van der Waals surface area contributed by atoms with Gasteiger partial charge < -0.3 is 5.73 Å². The van der Waals surface area contributed by atoms with E-state index in [-0.39, 0.29) is 0 Å². The molecule has 18 heavy (non-hydrogen) atoms. The number of nitrogens with zero attached hydrogens (tertiary/aromatic N) is 1. The lowest BCUT2D eigenvalue weighted by molar-refractivity contribution is 0.981. The van der Waals surface area contributed by atoms with Gasteiger partial charge in [0, 0.05) is 10.2 Å². The minimum atomic E-state index is 0.819. The van der Waals surface area contributed by atoms with E-state index in [1.54, 1.807) is 0 Å². The number of hydrogen-bond donors (Lipinski definition) is 2. The monoisotopic (exact) mass is 309 g/mol. The van der Waals surface area contributed by atoms with E-state index in [1.807, 2.05) is 38.1 Å². The summed E-state index contributed by atoms with van der Waals surface area (Å²) < 4.78 is 1.06. The molecule has 0 aliphatic rings. The molecule has 0 atom stereocenters. The van der Waals surface area contributed by atoms with Gasteiger partial charge in [0.1, 0.15) is 0 Å². The van der Waals surface area contributed by atoms with Gasteiger partial charge >= 0.3 is 0 Å². The number of nitrogens with one attached hydrogen (secondary N) is 1. The van der Waals surface area contributed by atoms with Crippen LogP contribution in [0.3, 0.4) is 0 Å². The highest BCUT2D eigenvalue weighted by Crippen LogP contribution is 2.15. The molecule has 0 amide bonds. The fourth-order valence-electron chi connectivity index (χ4n) is 1.45. The molecule has 3 nitrogen and oxygen atoms in total. The highest BCUT2D eigenvalue weighted by molar-refractivity contribution is 9.10. The Morgan fingerprint density at radius 2 is 1.89 bits per heavy atom. The molecule has 0 aliphatic carbocycles. The molecule has 0 fully saturated rings. The van der Waals surface area contributed by atoms with E-state index in [4.69, 9.17) is 5.73 Å². The number of anilines is 1. The summed E-state index contributed by atoms with van der Waals surface area (Å²) in [6.07, 6.45) is 1.97. The summed E-state index contributed by atoms with van der Waals surface area (Å²) in [5.74, 6) is 0. The standard InChI is InChI=1S/C14H20BrN3/c1-4-5-14(10(2)11(3)16)18-17-13-8-6-12(15)7-9-13/h6-9,17H,4-5,16H2,1-3H3. The molecule has 0 saturated carbocycles. The molecule has 3 N–H and O–H groups in total. The molecule has 1 aromatic rings. The Balaban J connectivity index is 2.84. The number of halogens is 1. The lowest BCUT2D eigenvalue weighted by Crippen LogP contribution is -2.09. The average Bonchev–Trinajstić information content (AvgIpc) is 2.35. The van der Waals surface area contributed by atoms with Crippen LogP contribution in [0.25, 0.3) is 0 Å². The Labute approximate surface area is 117 Å². The van der Waals surface area contributed by atoms with E-state index < -0.39 is 0 Å². The van der Waals surface area contributed by atoms with Crippen LogP contribution in [-0.2, 0) is 0 Å². The second-order valence-electron chi connectivity index (χ2n) is 4.24. The first-order valence-corrected chi connectivity index (χ1v) is 6.85. The smallest absolute Gasteiger partial charge is 0.0653 e. The minimum absolute atomic E-state index is 0.819. The molecule has 0 unspecified atom stereocenters. The summed E-state index contributed by atoms with van der Waals surface area (Å²) in [5, 5.41) is 4.45. The zero-order chi connectivity index (χ0) is 13.5. The Kier molecular flexibility index (Phi) is 5.92. The Morgan fingerprint density at radius 3 is 2.39 bits per heavy atom. The maximum atomic E-state index is 5.82. The van der Waals surface area contributed by atoms with Gasteiger partial charge in [0.25, 0.3) is 0 Å². The fourth-order valence-corrected chi connectivity index (χ4v) is 1.71. The van der Waals surface area contributed by atoms with Crippen LogP contribution >= 0.6 is 15.9 Å². The lowest BCUT2D eigenvalue weighted by atomic mass is 10.1. The quantitative estimate of drug-likeness (QED) is 0.630. The molecule has 4 heteroatoms. The minimum Gasteiger partial charge on any atom is -0.402 e. The van der Waals surface area contributed by atoms with Crippen LogP contribution in [0.4, 0.5) is 5.69 Å². The number of benzene rings is 1. The fraction of sp³-hybridized carbons (Fsp3) is 0.357. The van der Waals surface area contributed by atoms with Gasteiger partial charge in [-0.1, -0.05) is 29.3 Å². The first kappa shape index (κ1) is 14.8. The van der Waals surface area contributed by atoms with Crippen LogP contribution in [0.2, 0.25) is 0 Å². The zero-order valence-corrected chi connectivity index (χ0v) is 12.7. The van der Waals surface area contributed by atoms with Crippen LogP contribution < -0.4 is 11.2 Å². The van der Waals surface area contributed by atoms with E-state index in [1.165, 1.54) is 0 Å². The van der Waals surface area contributed by atoms with E-state index in [0.29, 0.717) is 0 Å². The van der Waals surface area contributed by atoms with Crippen LogP contribution in [0.5, 0.6) is 0 Å². The predicted octanol–water partition coefficient (Wildman–Crippen LogP) is 4.27. The van der Waals surface area contributed by atoms with Crippen molar-refractivity contribution < 1.29 is 0 Å². The second kappa shape index (κ2) is 7.21. The normalized spacial score (nSPS) is 13.2. The predicted molar refractivity (Wildman–Crippen MR) is 82.7 cm³/mol. The molecular formula is C14H20BrN3. The van der Waals surface area contributed by atoms with Gasteiger partial charge in [-0.2, -0.15) is 5.10 Å². The number of nitrogens with two attached hydrogens (primary N) is 1. The van der Waals surface area contributed by atoms with E-state index in [2.05, 4.69) is 33.4 Å². The lowest BCUT2D eigenvalue weighted by Gasteiger charge is -2.09. The largest absolute Gasteiger partial charge is 0.402 e. The topological polar surface area (TPSA) is 50.4 Å². The summed E-state index contributed by atoms with van der Waals surface area (Å²) in [4.78, 5) is 0. The number of hydrazone groups is 1. The van der Waals surface area contributed by atoms with Crippen molar-refractivity contribution in [2.24, 2.45) is 10.8 Å². The molecule has 1 rings (SSSR count). The SMILES string of the molecule is CCCC(=NNc1ccc(Br)cc1)C(C)=C(C)N. The van der Waals surface area contributed by atoms with E-state index in [9.17, 15) is 0 Å². The highest BCUT2D eigenvalue weighted by Gasteiger charge is 2.03. The Bertz CT molecular complexity index is 443. The molecule has 0 heterocycles. The number of hydrogen-bond acceptors (Lipinski definition) is 3. The highest BCUT2D eigenvalue weighted by atomic mass is 79.9. The maximum Gasteiger partial charge on any atom is 0.0653 e.